The number of nitrogens with zero attached hydrogens (tertiary/aromatic N) is 4. The van der Waals surface area contributed by atoms with Gasteiger partial charge in [-0.2, -0.15) is 0 Å². The zero-order chi connectivity index (χ0) is 24.9. The van der Waals surface area contributed by atoms with Crippen LogP contribution in [0.4, 0.5) is 5.82 Å². The van der Waals surface area contributed by atoms with Gasteiger partial charge in [0.25, 0.3) is 5.91 Å². The van der Waals surface area contributed by atoms with E-state index in [1.54, 1.807) is 25.3 Å². The Balaban J connectivity index is 1.39. The van der Waals surface area contributed by atoms with E-state index in [2.05, 4.69) is 23.7 Å². The molecule has 0 bridgehead atoms. The second-order valence-corrected chi connectivity index (χ2v) is 9.38. The van der Waals surface area contributed by atoms with Gasteiger partial charge in [0.1, 0.15) is 18.2 Å². The van der Waals surface area contributed by atoms with Crippen LogP contribution in [-0.2, 0) is 6.61 Å². The van der Waals surface area contributed by atoms with Crippen LogP contribution < -0.4 is 14.4 Å². The Labute approximate surface area is 211 Å². The van der Waals surface area contributed by atoms with E-state index in [4.69, 9.17) is 26.1 Å². The first-order valence-electron chi connectivity index (χ1n) is 11.8. The first kappa shape index (κ1) is 24.8. The molecule has 3 aromatic rings. The molecule has 7 nitrogen and oxygen atoms in total. The van der Waals surface area contributed by atoms with Crippen molar-refractivity contribution in [2.24, 2.45) is 0 Å². The third-order valence-corrected chi connectivity index (χ3v) is 6.24. The molecule has 0 N–H and O–H groups in total. The van der Waals surface area contributed by atoms with Crippen LogP contribution in [0.15, 0.2) is 48.5 Å². The summed E-state index contributed by atoms with van der Waals surface area (Å²) < 4.78 is 11.4. The summed E-state index contributed by atoms with van der Waals surface area (Å²) in [5, 5.41) is 0.683. The first-order chi connectivity index (χ1) is 16.8. The van der Waals surface area contributed by atoms with Gasteiger partial charge in [0.15, 0.2) is 11.5 Å². The van der Waals surface area contributed by atoms with Crippen molar-refractivity contribution in [2.75, 3.05) is 38.2 Å². The van der Waals surface area contributed by atoms with Crippen LogP contribution in [0.5, 0.6) is 11.5 Å². The van der Waals surface area contributed by atoms with Crippen molar-refractivity contribution in [3.63, 3.8) is 0 Å². The number of ether oxygens (including phenoxy) is 2. The van der Waals surface area contributed by atoms with E-state index >= 15 is 0 Å². The lowest BCUT2D eigenvalue weighted by atomic mass is 10.1. The van der Waals surface area contributed by atoms with Gasteiger partial charge < -0.3 is 19.3 Å². The maximum atomic E-state index is 13.2. The third kappa shape index (κ3) is 6.03. The summed E-state index contributed by atoms with van der Waals surface area (Å²) in [6.45, 7) is 9.25. The molecule has 35 heavy (non-hydrogen) atoms. The minimum Gasteiger partial charge on any atom is -0.493 e. The second kappa shape index (κ2) is 11.0. The lowest BCUT2D eigenvalue weighted by Crippen LogP contribution is -2.49. The molecule has 8 heteroatoms. The molecule has 4 rings (SSSR count). The van der Waals surface area contributed by atoms with Crippen LogP contribution in [0.2, 0.25) is 5.02 Å². The van der Waals surface area contributed by atoms with Gasteiger partial charge in [0.2, 0.25) is 0 Å². The molecule has 0 atom stereocenters. The van der Waals surface area contributed by atoms with Crippen LogP contribution >= 0.6 is 11.6 Å². The van der Waals surface area contributed by atoms with E-state index in [1.807, 2.05) is 42.2 Å². The molecule has 1 aromatic heterocycles. The molecule has 1 amide bonds. The highest BCUT2D eigenvalue weighted by Crippen LogP contribution is 2.30. The van der Waals surface area contributed by atoms with E-state index in [1.165, 1.54) is 0 Å². The number of methoxy groups -OCH3 is 1. The predicted molar refractivity (Wildman–Crippen MR) is 138 cm³/mol. The van der Waals surface area contributed by atoms with Crippen molar-refractivity contribution in [3.05, 3.63) is 76.2 Å². The van der Waals surface area contributed by atoms with Crippen molar-refractivity contribution in [1.29, 1.82) is 0 Å². The Kier molecular flexibility index (Phi) is 7.76. The molecule has 0 aliphatic carbocycles. The molecular formula is C27H31ClN4O3. The van der Waals surface area contributed by atoms with Gasteiger partial charge in [0.05, 0.1) is 7.11 Å². The maximum absolute atomic E-state index is 13.2. The number of aromatic nitrogens is 2. The smallest absolute Gasteiger partial charge is 0.254 e. The van der Waals surface area contributed by atoms with E-state index < -0.39 is 0 Å². The molecule has 1 saturated heterocycles. The van der Waals surface area contributed by atoms with Gasteiger partial charge in [-0.1, -0.05) is 37.6 Å². The lowest BCUT2D eigenvalue weighted by molar-refractivity contribution is 0.0746. The number of carbonyl (C=O) groups excluding carboxylic acids is 1. The number of piperazine rings is 1. The molecule has 184 valence electrons. The van der Waals surface area contributed by atoms with Crippen LogP contribution in [0.3, 0.4) is 0 Å². The van der Waals surface area contributed by atoms with Crippen LogP contribution in [0.25, 0.3) is 0 Å². The Hall–Kier alpha value is -3.32. The van der Waals surface area contributed by atoms with Gasteiger partial charge in [-0.25, -0.2) is 9.97 Å². The number of aryl methyl sites for hydroxylation is 1. The summed E-state index contributed by atoms with van der Waals surface area (Å²) in [7, 11) is 1.58. The number of rotatable bonds is 7. The molecule has 2 aromatic carbocycles. The fourth-order valence-electron chi connectivity index (χ4n) is 3.98. The minimum atomic E-state index is -0.0195. The Morgan fingerprint density at radius 2 is 1.71 bits per heavy atom. The summed E-state index contributed by atoms with van der Waals surface area (Å²) >= 11 is 5.95. The maximum Gasteiger partial charge on any atom is 0.254 e. The quantitative estimate of drug-likeness (QED) is 0.454. The summed E-state index contributed by atoms with van der Waals surface area (Å²) in [6, 6.07) is 14.8. The lowest BCUT2D eigenvalue weighted by Gasteiger charge is -2.35. The monoisotopic (exact) mass is 494 g/mol. The van der Waals surface area contributed by atoms with Crippen molar-refractivity contribution >= 4 is 23.3 Å². The molecule has 1 aliphatic rings. The predicted octanol–water partition coefficient (Wildman–Crippen LogP) is 5.11. The highest BCUT2D eigenvalue weighted by molar-refractivity contribution is 6.30. The standard InChI is InChI=1S/C27H31ClN4O3/c1-18(2)26-29-19(3)15-25(30-26)31-11-13-32(14-12-31)27(33)21-7-10-23(24(16-21)34-4)35-17-20-5-8-22(28)9-6-20/h5-10,15-16,18H,11-14,17H2,1-4H3. The number of anilines is 1. The Morgan fingerprint density at radius 1 is 1.00 bits per heavy atom. The molecule has 0 saturated carbocycles. The molecule has 1 aliphatic heterocycles. The fraction of sp³-hybridized carbons (Fsp3) is 0.370. The number of carbonyl (C=O) groups is 1. The van der Waals surface area contributed by atoms with Gasteiger partial charge in [0, 0.05) is 54.4 Å². The van der Waals surface area contributed by atoms with Crippen LogP contribution in [0.1, 0.15) is 47.2 Å². The minimum absolute atomic E-state index is 0.0195. The van der Waals surface area contributed by atoms with Gasteiger partial charge in [-0.3, -0.25) is 4.79 Å². The number of amides is 1. The van der Waals surface area contributed by atoms with Crippen molar-refractivity contribution in [1.82, 2.24) is 14.9 Å². The summed E-state index contributed by atoms with van der Waals surface area (Å²) in [4.78, 5) is 26.6. The summed E-state index contributed by atoms with van der Waals surface area (Å²) in [6.07, 6.45) is 0. The van der Waals surface area contributed by atoms with E-state index in [9.17, 15) is 4.79 Å². The molecule has 0 spiro atoms. The van der Waals surface area contributed by atoms with Crippen molar-refractivity contribution in [3.8, 4) is 11.5 Å². The Bertz CT molecular complexity index is 1180. The number of hydrogen-bond acceptors (Lipinski definition) is 6. The number of hydrogen-bond donors (Lipinski definition) is 0. The second-order valence-electron chi connectivity index (χ2n) is 8.94. The number of halogens is 1. The highest BCUT2D eigenvalue weighted by Gasteiger charge is 2.24. The average molecular weight is 495 g/mol. The summed E-state index contributed by atoms with van der Waals surface area (Å²) in [5.74, 6) is 3.14. The molecule has 0 unspecified atom stereocenters. The summed E-state index contributed by atoms with van der Waals surface area (Å²) in [5.41, 5.74) is 2.53. The Morgan fingerprint density at radius 3 is 2.37 bits per heavy atom. The molecule has 0 radical (unpaired) electrons. The fourth-order valence-corrected chi connectivity index (χ4v) is 4.10. The van der Waals surface area contributed by atoms with Gasteiger partial charge in [-0.05, 0) is 42.8 Å². The van der Waals surface area contributed by atoms with E-state index in [-0.39, 0.29) is 11.8 Å². The topological polar surface area (TPSA) is 67.8 Å². The molecular weight excluding hydrogens is 464 g/mol. The van der Waals surface area contributed by atoms with Crippen LogP contribution in [0, 0.1) is 6.92 Å². The average Bonchev–Trinajstić information content (AvgIpc) is 2.87. The highest BCUT2D eigenvalue weighted by atomic mass is 35.5. The molecule has 1 fully saturated rings. The van der Waals surface area contributed by atoms with Gasteiger partial charge in [-0.15, -0.1) is 0 Å². The van der Waals surface area contributed by atoms with Crippen molar-refractivity contribution in [2.45, 2.75) is 33.3 Å². The van der Waals surface area contributed by atoms with E-state index in [0.717, 1.165) is 36.0 Å². The normalized spacial score (nSPS) is 13.8. The van der Waals surface area contributed by atoms with Gasteiger partial charge >= 0.3 is 0 Å². The third-order valence-electron chi connectivity index (χ3n) is 5.98. The zero-order valence-corrected chi connectivity index (χ0v) is 21.4. The van der Waals surface area contributed by atoms with Crippen molar-refractivity contribution < 1.29 is 14.3 Å². The SMILES string of the molecule is COc1cc(C(=O)N2CCN(c3cc(C)nc(C(C)C)n3)CC2)ccc1OCc1ccc(Cl)cc1. The zero-order valence-electron chi connectivity index (χ0n) is 20.6. The largest absolute Gasteiger partial charge is 0.493 e. The van der Waals surface area contributed by atoms with Crippen LogP contribution in [-0.4, -0.2) is 54.1 Å². The first-order valence-corrected chi connectivity index (χ1v) is 12.2. The molecule has 2 heterocycles. The number of benzene rings is 2. The van der Waals surface area contributed by atoms with E-state index in [0.29, 0.717) is 41.8 Å².